The van der Waals surface area contributed by atoms with Crippen molar-refractivity contribution in [1.82, 2.24) is 4.90 Å². The summed E-state index contributed by atoms with van der Waals surface area (Å²) in [6, 6.07) is 27.4. The van der Waals surface area contributed by atoms with Crippen LogP contribution in [-0.2, 0) is 32.0 Å². The summed E-state index contributed by atoms with van der Waals surface area (Å²) in [6.45, 7) is 3.17. The van der Waals surface area contributed by atoms with Crippen molar-refractivity contribution in [3.63, 3.8) is 0 Å². The maximum Gasteiger partial charge on any atom is 0.337 e. The van der Waals surface area contributed by atoms with Crippen LogP contribution in [0.5, 0.6) is 0 Å². The first-order chi connectivity index (χ1) is 20.1. The van der Waals surface area contributed by atoms with Crippen molar-refractivity contribution in [2.45, 2.75) is 43.6 Å². The molecule has 1 saturated heterocycles. The molecule has 0 aliphatic carbocycles. The molecule has 0 saturated carbocycles. The summed E-state index contributed by atoms with van der Waals surface area (Å²) < 4.78 is 11.8. The van der Waals surface area contributed by atoms with Gasteiger partial charge in [0, 0.05) is 17.9 Å². The van der Waals surface area contributed by atoms with Crippen molar-refractivity contribution < 1.29 is 19.1 Å². The van der Waals surface area contributed by atoms with E-state index in [1.54, 1.807) is 0 Å². The zero-order valence-electron chi connectivity index (χ0n) is 23.2. The normalized spacial score (nSPS) is 22.1. The van der Waals surface area contributed by atoms with E-state index in [-0.39, 0.29) is 17.1 Å². The monoisotopic (exact) mass is 549 g/mol. The second-order valence-corrected chi connectivity index (χ2v) is 10.9. The molecule has 3 aromatic rings. The first-order valence-electron chi connectivity index (χ1n) is 14.2. The number of carbonyl (C=O) groups excluding carboxylic acids is 2. The van der Waals surface area contributed by atoms with Crippen LogP contribution < -0.4 is 10.6 Å². The van der Waals surface area contributed by atoms with E-state index < -0.39 is 23.7 Å². The van der Waals surface area contributed by atoms with E-state index >= 15 is 0 Å². The smallest absolute Gasteiger partial charge is 0.337 e. The van der Waals surface area contributed by atoms with E-state index in [4.69, 9.17) is 9.47 Å². The van der Waals surface area contributed by atoms with E-state index in [2.05, 4.69) is 15.5 Å². The lowest BCUT2D eigenvalue weighted by Crippen LogP contribution is -2.49. The van der Waals surface area contributed by atoms with Crippen LogP contribution >= 0.6 is 0 Å². The van der Waals surface area contributed by atoms with Crippen LogP contribution in [0.1, 0.15) is 24.0 Å². The lowest BCUT2D eigenvalue weighted by molar-refractivity contribution is -0.138. The van der Waals surface area contributed by atoms with Crippen LogP contribution in [0.3, 0.4) is 0 Å². The first-order valence-corrected chi connectivity index (χ1v) is 14.2. The Kier molecular flexibility index (Phi) is 7.72. The molecule has 0 radical (unpaired) electrons. The van der Waals surface area contributed by atoms with Crippen molar-refractivity contribution >= 4 is 23.3 Å². The van der Waals surface area contributed by atoms with Gasteiger partial charge in [-0.25, -0.2) is 4.79 Å². The molecule has 210 valence electrons. The highest BCUT2D eigenvalue weighted by Crippen LogP contribution is 2.47. The predicted molar refractivity (Wildman–Crippen MR) is 159 cm³/mol. The number of nitrogens with one attached hydrogen (secondary N) is 2. The second-order valence-electron chi connectivity index (χ2n) is 10.9. The van der Waals surface area contributed by atoms with E-state index in [1.807, 2.05) is 97.1 Å². The first kappa shape index (κ1) is 27.0. The number of fused-ring (bicyclic) bond motifs is 2. The number of benzene rings is 3. The minimum absolute atomic E-state index is 0.236. The molecule has 2 bridgehead atoms. The van der Waals surface area contributed by atoms with Gasteiger partial charge in [0.05, 0.1) is 24.3 Å². The topological polar surface area (TPSA) is 79.9 Å². The molecule has 6 rings (SSSR count). The number of nitrogens with zero attached hydrogens (tertiary/aromatic N) is 1. The highest BCUT2D eigenvalue weighted by molar-refractivity contribution is 6.12. The molecule has 3 heterocycles. The minimum Gasteiger partial charge on any atom is -0.466 e. The van der Waals surface area contributed by atoms with Crippen molar-refractivity contribution in [2.75, 3.05) is 30.8 Å². The highest BCUT2D eigenvalue weighted by Gasteiger charge is 2.58. The van der Waals surface area contributed by atoms with E-state index in [9.17, 15) is 9.59 Å². The molecular formula is C34H35N3O4. The minimum atomic E-state index is -1.18. The van der Waals surface area contributed by atoms with Crippen molar-refractivity contribution in [3.05, 3.63) is 119 Å². The van der Waals surface area contributed by atoms with Gasteiger partial charge in [-0.05, 0) is 73.8 Å². The molecule has 3 atom stereocenters. The van der Waals surface area contributed by atoms with E-state index in [1.165, 1.54) is 25.5 Å². The van der Waals surface area contributed by atoms with Gasteiger partial charge in [-0.1, -0.05) is 66.7 Å². The molecular weight excluding hydrogens is 514 g/mol. The van der Waals surface area contributed by atoms with Gasteiger partial charge in [-0.15, -0.1) is 0 Å². The van der Waals surface area contributed by atoms with Crippen LogP contribution in [0, 0.1) is 0 Å². The van der Waals surface area contributed by atoms with Gasteiger partial charge in [0.15, 0.2) is 0 Å². The molecule has 1 amide bonds. The zero-order valence-corrected chi connectivity index (χ0v) is 23.2. The Morgan fingerprint density at radius 2 is 1.61 bits per heavy atom. The fourth-order valence-electron chi connectivity index (χ4n) is 6.14. The van der Waals surface area contributed by atoms with E-state index in [0.717, 1.165) is 30.9 Å². The Hall–Kier alpha value is -4.20. The summed E-state index contributed by atoms with van der Waals surface area (Å²) >= 11 is 0. The van der Waals surface area contributed by atoms with Crippen LogP contribution in [-0.4, -0.2) is 54.7 Å². The number of hydrogen-bond acceptors (Lipinski definition) is 6. The van der Waals surface area contributed by atoms with Gasteiger partial charge in [-0.3, -0.25) is 9.69 Å². The number of anilines is 2. The number of ether oxygens (including phenoxy) is 2. The predicted octanol–water partition coefficient (Wildman–Crippen LogP) is 5.12. The van der Waals surface area contributed by atoms with Gasteiger partial charge < -0.3 is 20.1 Å². The number of para-hydroxylation sites is 1. The quantitative estimate of drug-likeness (QED) is 0.270. The van der Waals surface area contributed by atoms with Crippen LogP contribution in [0.25, 0.3) is 0 Å². The molecule has 41 heavy (non-hydrogen) atoms. The maximum atomic E-state index is 13.8. The SMILES string of the molecule is COC(=O)C1=C(C(=O)Nc2ccc(CN3CCCC3)cc2)C2C=CC1(C(Cc1ccccc1)Nc1ccccc1)O2. The summed E-state index contributed by atoms with van der Waals surface area (Å²) in [7, 11) is 1.34. The maximum absolute atomic E-state index is 13.8. The number of likely N-dealkylation sites (tertiary alicyclic amines) is 1. The van der Waals surface area contributed by atoms with Crippen LogP contribution in [0.2, 0.25) is 0 Å². The lowest BCUT2D eigenvalue weighted by Gasteiger charge is -2.36. The van der Waals surface area contributed by atoms with Gasteiger partial charge >= 0.3 is 5.97 Å². The van der Waals surface area contributed by atoms with E-state index in [0.29, 0.717) is 12.1 Å². The zero-order chi connectivity index (χ0) is 28.2. The van der Waals surface area contributed by atoms with Crippen molar-refractivity contribution in [2.24, 2.45) is 0 Å². The van der Waals surface area contributed by atoms with Gasteiger partial charge in [0.1, 0.15) is 11.7 Å². The molecule has 0 spiro atoms. The molecule has 1 fully saturated rings. The number of amides is 1. The van der Waals surface area contributed by atoms with Crippen LogP contribution in [0.15, 0.2) is 108 Å². The molecule has 7 heteroatoms. The Morgan fingerprint density at radius 1 is 0.927 bits per heavy atom. The summed E-state index contributed by atoms with van der Waals surface area (Å²) in [5, 5.41) is 6.59. The standard InChI is InChI=1S/C34H35N3O4/c1-40-33(39)31-30(32(38)36-27-16-14-25(15-17-27)23-37-20-8-9-21-37)28-18-19-34(31,41-28)29(22-24-10-4-2-5-11-24)35-26-12-6-3-7-13-26/h2-7,10-19,28-29,35H,8-9,20-23H2,1H3,(H,36,38). The number of rotatable bonds is 10. The average molecular weight is 550 g/mol. The molecule has 7 nitrogen and oxygen atoms in total. The third kappa shape index (κ3) is 5.56. The Morgan fingerprint density at radius 3 is 2.29 bits per heavy atom. The molecule has 3 aliphatic heterocycles. The molecule has 3 unspecified atom stereocenters. The van der Waals surface area contributed by atoms with Crippen molar-refractivity contribution in [3.8, 4) is 0 Å². The average Bonchev–Trinajstić information content (AvgIpc) is 3.75. The summed E-state index contributed by atoms with van der Waals surface area (Å²) in [5.41, 5.74) is 3.18. The number of hydrogen-bond donors (Lipinski definition) is 2. The Balaban J connectivity index is 1.30. The summed E-state index contributed by atoms with van der Waals surface area (Å²) in [6.07, 6.45) is 6.16. The number of carbonyl (C=O) groups is 2. The number of methoxy groups -OCH3 is 1. The lowest BCUT2D eigenvalue weighted by atomic mass is 9.78. The fraction of sp³-hybridized carbons (Fsp3) is 0.294. The fourth-order valence-corrected chi connectivity index (χ4v) is 6.14. The molecule has 0 aromatic heterocycles. The third-order valence-corrected chi connectivity index (χ3v) is 8.15. The van der Waals surface area contributed by atoms with Gasteiger partial charge in [-0.2, -0.15) is 0 Å². The van der Waals surface area contributed by atoms with Gasteiger partial charge in [0.2, 0.25) is 0 Å². The summed E-state index contributed by atoms with van der Waals surface area (Å²) in [5.74, 6) is -0.942. The molecule has 3 aliphatic rings. The summed E-state index contributed by atoms with van der Waals surface area (Å²) in [4.78, 5) is 29.6. The molecule has 2 N–H and O–H groups in total. The van der Waals surface area contributed by atoms with Crippen molar-refractivity contribution in [1.29, 1.82) is 0 Å². The third-order valence-electron chi connectivity index (χ3n) is 8.15. The highest BCUT2D eigenvalue weighted by atomic mass is 16.5. The second kappa shape index (κ2) is 11.7. The number of esters is 1. The van der Waals surface area contributed by atoms with Gasteiger partial charge in [0.25, 0.3) is 5.91 Å². The van der Waals surface area contributed by atoms with Crippen LogP contribution in [0.4, 0.5) is 11.4 Å². The Bertz CT molecular complexity index is 1400. The molecule has 3 aromatic carbocycles. The largest absolute Gasteiger partial charge is 0.466 e. The Labute approximate surface area is 240 Å².